The van der Waals surface area contributed by atoms with Crippen molar-refractivity contribution in [3.05, 3.63) is 0 Å². The van der Waals surface area contributed by atoms with Gasteiger partial charge in [-0.15, -0.1) is 0 Å². The lowest BCUT2D eigenvalue weighted by Gasteiger charge is -2.11. The molecule has 0 aromatic carbocycles. The van der Waals surface area contributed by atoms with E-state index >= 15 is 0 Å². The van der Waals surface area contributed by atoms with Crippen molar-refractivity contribution in [3.8, 4) is 0 Å². The number of nitrogens with two attached hydrogens (primary N) is 1. The second-order valence-corrected chi connectivity index (χ2v) is 6.74. The van der Waals surface area contributed by atoms with Gasteiger partial charge in [0.05, 0.1) is 7.14 Å². The molecule has 0 heterocycles. The molecule has 0 aliphatic heterocycles. The molecule has 2 atom stereocenters. The van der Waals surface area contributed by atoms with E-state index in [1.165, 1.54) is 0 Å². The molecule has 0 spiro atoms. The SMILES string of the molecule is CCP(C)(=O)CC[C@H](N)C(=O)O. The smallest absolute Gasteiger partial charge is 0.320 e. The molecule has 1 unspecified atom stereocenters. The Kier molecular flexibility index (Phi) is 4.50. The molecule has 0 saturated heterocycles. The summed E-state index contributed by atoms with van der Waals surface area (Å²) < 4.78 is 11.5. The van der Waals surface area contributed by atoms with Crippen molar-refractivity contribution in [2.75, 3.05) is 19.0 Å². The molecule has 3 N–H and O–H groups in total. The Bertz CT molecular complexity index is 205. The Morgan fingerprint density at radius 1 is 1.67 bits per heavy atom. The van der Waals surface area contributed by atoms with Crippen LogP contribution in [0.15, 0.2) is 0 Å². The lowest BCUT2D eigenvalue weighted by Crippen LogP contribution is -2.30. The first-order chi connectivity index (χ1) is 5.39. The van der Waals surface area contributed by atoms with Crippen LogP contribution >= 0.6 is 7.14 Å². The fourth-order valence-electron chi connectivity index (χ4n) is 0.694. The van der Waals surface area contributed by atoms with E-state index in [2.05, 4.69) is 0 Å². The van der Waals surface area contributed by atoms with Crippen LogP contribution in [-0.4, -0.2) is 36.1 Å². The van der Waals surface area contributed by atoms with Gasteiger partial charge in [0.25, 0.3) is 0 Å². The lowest BCUT2D eigenvalue weighted by molar-refractivity contribution is -0.138. The molecule has 12 heavy (non-hydrogen) atoms. The third kappa shape index (κ3) is 4.52. The highest BCUT2D eigenvalue weighted by Gasteiger charge is 2.17. The number of hydrogen-bond acceptors (Lipinski definition) is 3. The minimum absolute atomic E-state index is 0.303. The minimum atomic E-state index is -2.11. The average Bonchev–Trinajstić information content (AvgIpc) is 2.00. The molecule has 0 aliphatic rings. The molecule has 72 valence electrons. The van der Waals surface area contributed by atoms with Gasteiger partial charge >= 0.3 is 5.97 Å². The maximum atomic E-state index is 11.5. The van der Waals surface area contributed by atoms with Gasteiger partial charge in [0.15, 0.2) is 0 Å². The summed E-state index contributed by atoms with van der Waals surface area (Å²) in [4.78, 5) is 10.3. The van der Waals surface area contributed by atoms with Gasteiger partial charge in [0, 0.05) is 6.16 Å². The average molecular weight is 193 g/mol. The fraction of sp³-hybridized carbons (Fsp3) is 0.857. The summed E-state index contributed by atoms with van der Waals surface area (Å²) in [7, 11) is -2.11. The maximum Gasteiger partial charge on any atom is 0.320 e. The lowest BCUT2D eigenvalue weighted by atomic mass is 10.2. The van der Waals surface area contributed by atoms with Crippen molar-refractivity contribution >= 4 is 13.1 Å². The molecule has 5 heteroatoms. The van der Waals surface area contributed by atoms with E-state index in [9.17, 15) is 9.36 Å². The summed E-state index contributed by atoms with van der Waals surface area (Å²) in [5, 5.41) is 8.44. The van der Waals surface area contributed by atoms with Crippen LogP contribution < -0.4 is 5.73 Å². The number of rotatable bonds is 5. The van der Waals surface area contributed by atoms with Gasteiger partial charge in [0.1, 0.15) is 6.04 Å². The molecule has 0 fully saturated rings. The Balaban J connectivity index is 3.83. The Morgan fingerprint density at radius 2 is 2.17 bits per heavy atom. The molecule has 0 rings (SSSR count). The quantitative estimate of drug-likeness (QED) is 0.633. The summed E-state index contributed by atoms with van der Waals surface area (Å²) >= 11 is 0. The Morgan fingerprint density at radius 3 is 2.50 bits per heavy atom. The second-order valence-electron chi connectivity index (χ2n) is 3.07. The molecule has 0 aromatic heterocycles. The third-order valence-electron chi connectivity index (χ3n) is 1.90. The Hall–Kier alpha value is -0.340. The van der Waals surface area contributed by atoms with Crippen LogP contribution in [0.4, 0.5) is 0 Å². The number of hydrogen-bond donors (Lipinski definition) is 2. The van der Waals surface area contributed by atoms with E-state index in [1.54, 1.807) is 6.66 Å². The summed E-state index contributed by atoms with van der Waals surface area (Å²) in [6.07, 6.45) is 1.34. The van der Waals surface area contributed by atoms with Crippen LogP contribution in [0.1, 0.15) is 13.3 Å². The van der Waals surface area contributed by atoms with Gasteiger partial charge in [-0.2, -0.15) is 0 Å². The predicted octanol–water partition coefficient (Wildman–Crippen LogP) is 0.801. The third-order valence-corrected chi connectivity index (χ3v) is 4.44. The van der Waals surface area contributed by atoms with Crippen LogP contribution in [0.3, 0.4) is 0 Å². The van der Waals surface area contributed by atoms with Gasteiger partial charge in [-0.3, -0.25) is 4.79 Å². The van der Waals surface area contributed by atoms with Crippen molar-refractivity contribution < 1.29 is 14.5 Å². The van der Waals surface area contributed by atoms with Gasteiger partial charge in [0.2, 0.25) is 0 Å². The van der Waals surface area contributed by atoms with E-state index in [0.29, 0.717) is 18.7 Å². The predicted molar refractivity (Wildman–Crippen MR) is 49.2 cm³/mol. The normalized spacial score (nSPS) is 18.2. The molecule has 0 radical (unpaired) electrons. The van der Waals surface area contributed by atoms with E-state index in [0.717, 1.165) is 0 Å². The molecule has 0 saturated carbocycles. The Labute approximate surface area is 72.5 Å². The first kappa shape index (κ1) is 11.7. The first-order valence-electron chi connectivity index (χ1n) is 3.93. The van der Waals surface area contributed by atoms with Crippen LogP contribution in [0.25, 0.3) is 0 Å². The van der Waals surface area contributed by atoms with Gasteiger partial charge in [-0.1, -0.05) is 6.92 Å². The number of carbonyl (C=O) groups is 1. The topological polar surface area (TPSA) is 80.4 Å². The zero-order valence-corrected chi connectivity index (χ0v) is 8.38. The van der Waals surface area contributed by atoms with Gasteiger partial charge in [-0.05, 0) is 19.2 Å². The highest BCUT2D eigenvalue weighted by atomic mass is 31.2. The molecular weight excluding hydrogens is 177 g/mol. The first-order valence-corrected chi connectivity index (χ1v) is 6.45. The van der Waals surface area contributed by atoms with Crippen LogP contribution in [-0.2, 0) is 9.36 Å². The highest BCUT2D eigenvalue weighted by Crippen LogP contribution is 2.40. The fourth-order valence-corrected chi connectivity index (χ4v) is 1.83. The van der Waals surface area contributed by atoms with Crippen molar-refractivity contribution in [3.63, 3.8) is 0 Å². The molecule has 0 bridgehead atoms. The van der Waals surface area contributed by atoms with E-state index in [4.69, 9.17) is 10.8 Å². The van der Waals surface area contributed by atoms with Gasteiger partial charge in [-0.25, -0.2) is 0 Å². The maximum absolute atomic E-state index is 11.5. The van der Waals surface area contributed by atoms with E-state index in [1.807, 2.05) is 6.92 Å². The monoisotopic (exact) mass is 193 g/mol. The van der Waals surface area contributed by atoms with Crippen molar-refractivity contribution in [2.24, 2.45) is 5.73 Å². The van der Waals surface area contributed by atoms with Crippen LogP contribution in [0.5, 0.6) is 0 Å². The number of carboxylic acid groups (broad SMARTS) is 1. The van der Waals surface area contributed by atoms with Crippen LogP contribution in [0, 0.1) is 0 Å². The molecule has 0 aromatic rings. The van der Waals surface area contributed by atoms with E-state index < -0.39 is 19.2 Å². The zero-order chi connectivity index (χ0) is 9.78. The molecule has 0 aliphatic carbocycles. The molecule has 0 amide bonds. The summed E-state index contributed by atoms with van der Waals surface area (Å²) in [5.41, 5.74) is 5.26. The van der Waals surface area contributed by atoms with Crippen molar-refractivity contribution in [2.45, 2.75) is 19.4 Å². The minimum Gasteiger partial charge on any atom is -0.480 e. The number of aliphatic carboxylic acids is 1. The molecular formula is C7H16NO3P. The van der Waals surface area contributed by atoms with E-state index in [-0.39, 0.29) is 0 Å². The summed E-state index contributed by atoms with van der Waals surface area (Å²) in [5.74, 6) is -1.02. The second kappa shape index (κ2) is 4.63. The summed E-state index contributed by atoms with van der Waals surface area (Å²) in [6, 6.07) is -0.871. The largest absolute Gasteiger partial charge is 0.480 e. The van der Waals surface area contributed by atoms with Crippen LogP contribution in [0.2, 0.25) is 0 Å². The standard InChI is InChI=1S/C7H16NO3P/c1-3-12(2,11)5-4-6(8)7(9)10/h6H,3-5,8H2,1-2H3,(H,9,10)/t6-,12?/m0/s1. The summed E-state index contributed by atoms with van der Waals surface area (Å²) in [6.45, 7) is 3.52. The highest BCUT2D eigenvalue weighted by molar-refractivity contribution is 7.63. The van der Waals surface area contributed by atoms with Crippen molar-refractivity contribution in [1.82, 2.24) is 0 Å². The zero-order valence-electron chi connectivity index (χ0n) is 7.49. The van der Waals surface area contributed by atoms with Crippen molar-refractivity contribution in [1.29, 1.82) is 0 Å². The molecule has 4 nitrogen and oxygen atoms in total. The van der Waals surface area contributed by atoms with Gasteiger partial charge < -0.3 is 15.4 Å². The number of carboxylic acids is 1.